The maximum absolute atomic E-state index is 13.9. The Morgan fingerprint density at radius 2 is 1.90 bits per heavy atom. The van der Waals surface area contributed by atoms with E-state index in [1.54, 1.807) is 35.5 Å². The molecule has 1 unspecified atom stereocenters. The molecular weight excluding hydrogens is 407 g/mol. The number of anilines is 1. The smallest absolute Gasteiger partial charge is 0.367 e. The monoisotopic (exact) mass is 435 g/mol. The summed E-state index contributed by atoms with van der Waals surface area (Å²) >= 11 is 0. The Morgan fingerprint density at radius 1 is 1.19 bits per heavy atom. The van der Waals surface area contributed by atoms with E-state index < -0.39 is 12.2 Å². The Morgan fingerprint density at radius 3 is 2.55 bits per heavy atom. The lowest BCUT2D eigenvalue weighted by Crippen LogP contribution is -2.49. The van der Waals surface area contributed by atoms with Gasteiger partial charge >= 0.3 is 6.18 Å². The van der Waals surface area contributed by atoms with Gasteiger partial charge in [0.1, 0.15) is 5.82 Å². The number of nitrogens with zero attached hydrogens (tertiary/aromatic N) is 4. The van der Waals surface area contributed by atoms with E-state index in [4.69, 9.17) is 0 Å². The molecule has 0 bridgehead atoms. The standard InChI is InChI=1S/C22H28F3N5O/c1-21(2,3)17-12-19-27-16(11-18(22(23,24)25)30(19)28-17)15-5-4-10-29(13-15)20(31)14-6-8-26-9-7-14/h6-9,12,15-16,18,27H,4-5,10-11,13H2,1-3H3/t15?,16-,18+/m0/s1. The van der Waals surface area contributed by atoms with Crippen LogP contribution in [0.2, 0.25) is 0 Å². The van der Waals surface area contributed by atoms with E-state index in [1.165, 1.54) is 0 Å². The highest BCUT2D eigenvalue weighted by Gasteiger charge is 2.48. The van der Waals surface area contributed by atoms with Crippen molar-refractivity contribution in [1.82, 2.24) is 19.7 Å². The number of carbonyl (C=O) groups is 1. The van der Waals surface area contributed by atoms with Crippen molar-refractivity contribution in [3.63, 3.8) is 0 Å². The zero-order valence-electron chi connectivity index (χ0n) is 18.0. The number of alkyl halides is 3. The molecule has 31 heavy (non-hydrogen) atoms. The predicted octanol–water partition coefficient (Wildman–Crippen LogP) is 4.42. The number of amides is 1. The zero-order valence-corrected chi connectivity index (χ0v) is 18.0. The van der Waals surface area contributed by atoms with E-state index in [0.717, 1.165) is 17.5 Å². The summed E-state index contributed by atoms with van der Waals surface area (Å²) in [5.41, 5.74) is 0.826. The van der Waals surface area contributed by atoms with Crippen LogP contribution in [0.15, 0.2) is 30.6 Å². The lowest BCUT2D eigenvalue weighted by atomic mass is 9.85. The normalized spacial score (nSPS) is 24.5. The van der Waals surface area contributed by atoms with Crippen molar-refractivity contribution in [3.05, 3.63) is 41.9 Å². The molecule has 0 aliphatic carbocycles. The average molecular weight is 435 g/mol. The number of aromatic nitrogens is 3. The molecular formula is C22H28F3N5O. The second kappa shape index (κ2) is 7.84. The van der Waals surface area contributed by atoms with Gasteiger partial charge in [0.05, 0.1) is 5.69 Å². The quantitative estimate of drug-likeness (QED) is 0.759. The van der Waals surface area contributed by atoms with Crippen LogP contribution in [-0.2, 0) is 5.41 Å². The Labute approximate surface area is 179 Å². The third-order valence-electron chi connectivity index (χ3n) is 6.23. The first-order chi connectivity index (χ1) is 14.5. The number of piperidine rings is 1. The second-order valence-electron chi connectivity index (χ2n) is 9.54. The Kier molecular flexibility index (Phi) is 5.47. The van der Waals surface area contributed by atoms with Crippen LogP contribution < -0.4 is 5.32 Å². The highest BCUT2D eigenvalue weighted by atomic mass is 19.4. The van der Waals surface area contributed by atoms with E-state index in [0.29, 0.717) is 30.2 Å². The summed E-state index contributed by atoms with van der Waals surface area (Å²) in [5, 5.41) is 7.61. The number of halogens is 3. The minimum atomic E-state index is -4.39. The van der Waals surface area contributed by atoms with Gasteiger partial charge in [-0.1, -0.05) is 20.8 Å². The molecule has 2 aromatic rings. The van der Waals surface area contributed by atoms with Gasteiger partial charge in [-0.05, 0) is 37.3 Å². The average Bonchev–Trinajstić information content (AvgIpc) is 3.17. The molecule has 0 saturated carbocycles. The van der Waals surface area contributed by atoms with Gasteiger partial charge in [0.2, 0.25) is 0 Å². The number of likely N-dealkylation sites (tertiary alicyclic amines) is 1. The molecule has 2 aliphatic heterocycles. The fourth-order valence-corrected chi connectivity index (χ4v) is 4.48. The van der Waals surface area contributed by atoms with E-state index >= 15 is 0 Å². The molecule has 168 valence electrons. The van der Waals surface area contributed by atoms with Crippen LogP contribution in [0, 0.1) is 5.92 Å². The van der Waals surface area contributed by atoms with E-state index in [9.17, 15) is 18.0 Å². The lowest BCUT2D eigenvalue weighted by Gasteiger charge is -2.41. The van der Waals surface area contributed by atoms with Crippen molar-refractivity contribution in [2.75, 3.05) is 18.4 Å². The molecule has 6 nitrogen and oxygen atoms in total. The molecule has 4 rings (SSSR count). The van der Waals surface area contributed by atoms with Crippen LogP contribution in [-0.4, -0.2) is 50.9 Å². The third kappa shape index (κ3) is 4.41. The number of hydrogen-bond acceptors (Lipinski definition) is 4. The molecule has 0 aromatic carbocycles. The van der Waals surface area contributed by atoms with Gasteiger partial charge in [-0.2, -0.15) is 18.3 Å². The first-order valence-corrected chi connectivity index (χ1v) is 10.7. The Balaban J connectivity index is 1.57. The van der Waals surface area contributed by atoms with Crippen LogP contribution >= 0.6 is 0 Å². The Hall–Kier alpha value is -2.58. The van der Waals surface area contributed by atoms with Crippen molar-refractivity contribution < 1.29 is 18.0 Å². The first kappa shape index (κ1) is 21.6. The van der Waals surface area contributed by atoms with Crippen molar-refractivity contribution in [3.8, 4) is 0 Å². The number of carbonyl (C=O) groups excluding carboxylic acids is 1. The summed E-state index contributed by atoms with van der Waals surface area (Å²) in [4.78, 5) is 18.5. The zero-order chi connectivity index (χ0) is 22.4. The highest BCUT2D eigenvalue weighted by Crippen LogP contribution is 2.43. The minimum Gasteiger partial charge on any atom is -0.367 e. The molecule has 0 spiro atoms. The first-order valence-electron chi connectivity index (χ1n) is 10.7. The molecule has 1 saturated heterocycles. The molecule has 2 aromatic heterocycles. The van der Waals surface area contributed by atoms with E-state index in [2.05, 4.69) is 15.4 Å². The predicted molar refractivity (Wildman–Crippen MR) is 111 cm³/mol. The van der Waals surface area contributed by atoms with Crippen LogP contribution in [0.3, 0.4) is 0 Å². The van der Waals surface area contributed by atoms with E-state index in [1.807, 2.05) is 20.8 Å². The van der Waals surface area contributed by atoms with Crippen LogP contribution in [0.1, 0.15) is 62.1 Å². The fraction of sp³-hybridized carbons (Fsp3) is 0.591. The van der Waals surface area contributed by atoms with Crippen molar-refractivity contribution >= 4 is 11.7 Å². The fourth-order valence-electron chi connectivity index (χ4n) is 4.48. The molecule has 1 N–H and O–H groups in total. The maximum Gasteiger partial charge on any atom is 0.410 e. The van der Waals surface area contributed by atoms with Gasteiger partial charge in [-0.25, -0.2) is 4.68 Å². The van der Waals surface area contributed by atoms with Crippen molar-refractivity contribution in [1.29, 1.82) is 0 Å². The third-order valence-corrected chi connectivity index (χ3v) is 6.23. The van der Waals surface area contributed by atoms with Crippen molar-refractivity contribution in [2.45, 2.75) is 63.7 Å². The van der Waals surface area contributed by atoms with E-state index in [-0.39, 0.29) is 29.7 Å². The molecule has 9 heteroatoms. The molecule has 2 aliphatic rings. The maximum atomic E-state index is 13.9. The molecule has 4 heterocycles. The summed E-state index contributed by atoms with van der Waals surface area (Å²) in [7, 11) is 0. The highest BCUT2D eigenvalue weighted by molar-refractivity contribution is 5.94. The SMILES string of the molecule is CC(C)(C)c1cc2n(n1)[C@@H](C(F)(F)F)C[C@@H](C1CCCN(C(=O)c3ccncc3)C1)N2. The molecule has 3 atom stereocenters. The second-order valence-corrected chi connectivity index (χ2v) is 9.54. The van der Waals surface area contributed by atoms with Crippen LogP contribution in [0.25, 0.3) is 0 Å². The van der Waals surface area contributed by atoms with Crippen LogP contribution in [0.5, 0.6) is 0 Å². The molecule has 0 radical (unpaired) electrons. The van der Waals surface area contributed by atoms with Gasteiger partial charge in [-0.15, -0.1) is 0 Å². The summed E-state index contributed by atoms with van der Waals surface area (Å²) in [6, 6.07) is 3.01. The van der Waals surface area contributed by atoms with Gasteiger partial charge < -0.3 is 10.2 Å². The largest absolute Gasteiger partial charge is 0.410 e. The minimum absolute atomic E-state index is 0.0638. The Bertz CT molecular complexity index is 935. The summed E-state index contributed by atoms with van der Waals surface area (Å²) in [5.74, 6) is 0.238. The number of nitrogens with one attached hydrogen (secondary N) is 1. The summed E-state index contributed by atoms with van der Waals surface area (Å²) in [6.07, 6.45) is 0.200. The summed E-state index contributed by atoms with van der Waals surface area (Å²) < 4.78 is 42.9. The van der Waals surface area contributed by atoms with Crippen LogP contribution in [0.4, 0.5) is 19.0 Å². The summed E-state index contributed by atoms with van der Waals surface area (Å²) in [6.45, 7) is 6.85. The number of pyridine rings is 1. The molecule has 1 fully saturated rings. The number of rotatable bonds is 2. The number of hydrogen-bond donors (Lipinski definition) is 1. The van der Waals surface area contributed by atoms with Crippen molar-refractivity contribution in [2.24, 2.45) is 5.92 Å². The van der Waals surface area contributed by atoms with Gasteiger partial charge in [-0.3, -0.25) is 9.78 Å². The molecule has 1 amide bonds. The topological polar surface area (TPSA) is 63.1 Å². The number of fused-ring (bicyclic) bond motifs is 1. The van der Waals surface area contributed by atoms with Gasteiger partial charge in [0.25, 0.3) is 5.91 Å². The van der Waals surface area contributed by atoms with Gasteiger partial charge in [0, 0.05) is 48.6 Å². The van der Waals surface area contributed by atoms with Gasteiger partial charge in [0.15, 0.2) is 6.04 Å². The lowest BCUT2D eigenvalue weighted by molar-refractivity contribution is -0.174.